The summed E-state index contributed by atoms with van der Waals surface area (Å²) in [5.41, 5.74) is 0.458. The van der Waals surface area contributed by atoms with E-state index in [1.165, 1.54) is 42.3 Å². The number of hydrogen-bond donors (Lipinski definition) is 1. The molecule has 45 heavy (non-hydrogen) atoms. The van der Waals surface area contributed by atoms with E-state index in [0.29, 0.717) is 0 Å². The van der Waals surface area contributed by atoms with Crippen molar-refractivity contribution >= 4 is 27.5 Å². The van der Waals surface area contributed by atoms with Gasteiger partial charge in [-0.05, 0) is 56.7 Å². The quantitative estimate of drug-likeness (QED) is 0.220. The highest BCUT2D eigenvalue weighted by atomic mass is 32.2. The van der Waals surface area contributed by atoms with Crippen molar-refractivity contribution in [3.8, 4) is 5.75 Å². The Kier molecular flexibility index (Phi) is 10.6. The normalized spacial score (nSPS) is 12.2. The molecule has 0 fully saturated rings. The molecule has 0 saturated carbocycles. The molecule has 8 nitrogen and oxygen atoms in total. The molecular weight excluding hydrogens is 593 g/mol. The molecule has 0 spiro atoms. The van der Waals surface area contributed by atoms with E-state index in [0.717, 1.165) is 9.87 Å². The Morgan fingerprint density at radius 3 is 2.04 bits per heavy atom. The van der Waals surface area contributed by atoms with E-state index in [1.54, 1.807) is 48.5 Å². The molecule has 1 N–H and O–H groups in total. The van der Waals surface area contributed by atoms with Gasteiger partial charge in [-0.3, -0.25) is 13.9 Å². The minimum atomic E-state index is -4.30. The van der Waals surface area contributed by atoms with Crippen LogP contribution in [0.1, 0.15) is 31.9 Å². The second-order valence-corrected chi connectivity index (χ2v) is 13.4. The lowest BCUT2D eigenvalue weighted by atomic mass is 10.0. The van der Waals surface area contributed by atoms with Crippen LogP contribution in [-0.2, 0) is 32.6 Å². The van der Waals surface area contributed by atoms with E-state index >= 15 is 4.39 Å². The smallest absolute Gasteiger partial charge is 0.264 e. The highest BCUT2D eigenvalue weighted by Crippen LogP contribution is 2.32. The van der Waals surface area contributed by atoms with Crippen LogP contribution in [0.5, 0.6) is 5.75 Å². The van der Waals surface area contributed by atoms with Gasteiger partial charge in [0.1, 0.15) is 24.2 Å². The van der Waals surface area contributed by atoms with Crippen LogP contribution in [0.2, 0.25) is 0 Å². The third-order valence-electron chi connectivity index (χ3n) is 7.03. The Morgan fingerprint density at radius 1 is 0.844 bits per heavy atom. The summed E-state index contributed by atoms with van der Waals surface area (Å²) >= 11 is 0. The van der Waals surface area contributed by atoms with Gasteiger partial charge in [0, 0.05) is 24.1 Å². The van der Waals surface area contributed by atoms with Gasteiger partial charge in [0.15, 0.2) is 0 Å². The Hall–Kier alpha value is -4.70. The lowest BCUT2D eigenvalue weighted by Gasteiger charge is -2.35. The Balaban J connectivity index is 1.85. The predicted octanol–water partition coefficient (Wildman–Crippen LogP) is 5.58. The van der Waals surface area contributed by atoms with E-state index in [4.69, 9.17) is 4.74 Å². The number of carbonyl (C=O) groups excluding carboxylic acids is 2. The number of anilines is 1. The van der Waals surface area contributed by atoms with E-state index in [1.807, 2.05) is 51.1 Å². The van der Waals surface area contributed by atoms with Gasteiger partial charge in [-0.2, -0.15) is 0 Å². The third kappa shape index (κ3) is 8.48. The molecule has 236 valence electrons. The van der Waals surface area contributed by atoms with Crippen LogP contribution >= 0.6 is 0 Å². The summed E-state index contributed by atoms with van der Waals surface area (Å²) in [6.45, 7) is 4.52. The van der Waals surface area contributed by atoms with Crippen molar-refractivity contribution in [3.05, 3.63) is 126 Å². The Bertz CT molecular complexity index is 1710. The summed E-state index contributed by atoms with van der Waals surface area (Å²) in [4.78, 5) is 29.6. The fourth-order valence-corrected chi connectivity index (χ4v) is 6.33. The van der Waals surface area contributed by atoms with Crippen molar-refractivity contribution in [1.82, 2.24) is 10.2 Å². The van der Waals surface area contributed by atoms with Gasteiger partial charge in [-0.15, -0.1) is 0 Å². The summed E-state index contributed by atoms with van der Waals surface area (Å²) in [6, 6.07) is 28.3. The number of methoxy groups -OCH3 is 1. The van der Waals surface area contributed by atoms with Crippen molar-refractivity contribution in [3.63, 3.8) is 0 Å². The molecule has 4 aromatic rings. The standard InChI is InChI=1S/C35H38FN3O5S/c1-35(2,3)37-34(41)31(23-26-15-7-5-8-16-26)38(24-27-17-11-12-20-29(27)36)33(40)25-39(30-21-13-14-22-32(30)44-4)45(42,43)28-18-9-6-10-19-28/h5-22,31H,23-25H2,1-4H3,(H,37,41)/t31-/m1/s1. The zero-order chi connectivity index (χ0) is 32.6. The molecule has 0 radical (unpaired) electrons. The minimum Gasteiger partial charge on any atom is -0.495 e. The topological polar surface area (TPSA) is 96.0 Å². The second-order valence-electron chi connectivity index (χ2n) is 11.6. The molecule has 2 amide bonds. The zero-order valence-electron chi connectivity index (χ0n) is 25.8. The van der Waals surface area contributed by atoms with E-state index < -0.39 is 45.8 Å². The zero-order valence-corrected chi connectivity index (χ0v) is 26.6. The number of hydrogen-bond acceptors (Lipinski definition) is 5. The third-order valence-corrected chi connectivity index (χ3v) is 8.81. The number of nitrogens with zero attached hydrogens (tertiary/aromatic N) is 2. The van der Waals surface area contributed by atoms with E-state index in [-0.39, 0.29) is 34.9 Å². The van der Waals surface area contributed by atoms with Crippen LogP contribution in [0.25, 0.3) is 0 Å². The predicted molar refractivity (Wildman–Crippen MR) is 173 cm³/mol. The molecule has 0 bridgehead atoms. The number of rotatable bonds is 12. The number of para-hydroxylation sites is 2. The molecule has 0 aliphatic rings. The second kappa shape index (κ2) is 14.4. The molecule has 10 heteroatoms. The van der Waals surface area contributed by atoms with E-state index in [9.17, 15) is 18.0 Å². The summed E-state index contributed by atoms with van der Waals surface area (Å²) in [6.07, 6.45) is 0.114. The number of nitrogens with one attached hydrogen (secondary N) is 1. The maximum absolute atomic E-state index is 15.1. The lowest BCUT2D eigenvalue weighted by Crippen LogP contribution is -2.56. The Labute approximate surface area is 264 Å². The van der Waals surface area contributed by atoms with Crippen LogP contribution in [-0.4, -0.2) is 50.4 Å². The first-order valence-electron chi connectivity index (χ1n) is 14.5. The van der Waals surface area contributed by atoms with Gasteiger partial charge in [-0.1, -0.05) is 78.9 Å². The molecule has 4 rings (SSSR count). The van der Waals surface area contributed by atoms with Crippen LogP contribution in [0.4, 0.5) is 10.1 Å². The van der Waals surface area contributed by atoms with Crippen LogP contribution < -0.4 is 14.4 Å². The highest BCUT2D eigenvalue weighted by molar-refractivity contribution is 7.92. The number of amides is 2. The van der Waals surface area contributed by atoms with Crippen molar-refractivity contribution < 1.29 is 27.1 Å². The first-order valence-corrected chi connectivity index (χ1v) is 15.9. The molecule has 4 aromatic carbocycles. The minimum absolute atomic E-state index is 0.0318. The SMILES string of the molecule is COc1ccccc1N(CC(=O)N(Cc1ccccc1F)[C@H](Cc1ccccc1)C(=O)NC(C)(C)C)S(=O)(=O)c1ccccc1. The summed E-state index contributed by atoms with van der Waals surface area (Å²) < 4.78 is 49.7. The highest BCUT2D eigenvalue weighted by Gasteiger charge is 2.36. The van der Waals surface area contributed by atoms with Crippen molar-refractivity contribution in [2.24, 2.45) is 0 Å². The summed E-state index contributed by atoms with van der Waals surface area (Å²) in [5, 5.41) is 2.96. The van der Waals surface area contributed by atoms with Gasteiger partial charge >= 0.3 is 0 Å². The molecule has 0 heterocycles. The van der Waals surface area contributed by atoms with Gasteiger partial charge in [0.25, 0.3) is 10.0 Å². The van der Waals surface area contributed by atoms with E-state index in [2.05, 4.69) is 5.32 Å². The monoisotopic (exact) mass is 631 g/mol. The number of sulfonamides is 1. The first-order chi connectivity index (χ1) is 21.4. The first kappa shape index (κ1) is 33.2. The van der Waals surface area contributed by atoms with Gasteiger partial charge in [0.2, 0.25) is 11.8 Å². The number of carbonyl (C=O) groups is 2. The molecule has 0 saturated heterocycles. The van der Waals surface area contributed by atoms with Gasteiger partial charge in [0.05, 0.1) is 17.7 Å². The number of benzene rings is 4. The van der Waals surface area contributed by atoms with Crippen molar-refractivity contribution in [1.29, 1.82) is 0 Å². The average Bonchev–Trinajstić information content (AvgIpc) is 3.02. The largest absolute Gasteiger partial charge is 0.495 e. The van der Waals surface area contributed by atoms with Crippen molar-refractivity contribution in [2.75, 3.05) is 18.0 Å². The van der Waals surface area contributed by atoms with Gasteiger partial charge < -0.3 is 15.0 Å². The lowest BCUT2D eigenvalue weighted by molar-refractivity contribution is -0.140. The average molecular weight is 632 g/mol. The number of halogens is 1. The molecule has 0 aliphatic carbocycles. The molecular formula is C35H38FN3O5S. The molecule has 0 aromatic heterocycles. The van der Waals surface area contributed by atoms with Gasteiger partial charge in [-0.25, -0.2) is 12.8 Å². The van der Waals surface area contributed by atoms with Crippen molar-refractivity contribution in [2.45, 2.75) is 50.2 Å². The fourth-order valence-electron chi connectivity index (χ4n) is 4.89. The van der Waals surface area contributed by atoms with Crippen LogP contribution in [0.3, 0.4) is 0 Å². The van der Waals surface area contributed by atoms with Crippen LogP contribution in [0, 0.1) is 5.82 Å². The maximum atomic E-state index is 15.1. The Morgan fingerprint density at radius 2 is 1.42 bits per heavy atom. The maximum Gasteiger partial charge on any atom is 0.264 e. The summed E-state index contributed by atoms with van der Waals surface area (Å²) in [5.74, 6) is -1.47. The number of ether oxygens (including phenoxy) is 1. The molecule has 1 atom stereocenters. The van der Waals surface area contributed by atoms with Crippen LogP contribution in [0.15, 0.2) is 114 Å². The molecule has 0 aliphatic heterocycles. The molecule has 0 unspecified atom stereocenters. The summed E-state index contributed by atoms with van der Waals surface area (Å²) in [7, 11) is -2.89. The fraction of sp³-hybridized carbons (Fsp3) is 0.257.